The molecule has 2 N–H and O–H groups in total. The Bertz CT molecular complexity index is 955. The number of hydrogen-bond donors (Lipinski definition) is 2. The Morgan fingerprint density at radius 3 is 2.32 bits per heavy atom. The zero-order chi connectivity index (χ0) is 24.7. The van der Waals surface area contributed by atoms with Crippen molar-refractivity contribution in [3.05, 3.63) is 28.8 Å². The highest BCUT2D eigenvalue weighted by atomic mass is 32.2. The largest absolute Gasteiger partial charge is 0.379 e. The summed E-state index contributed by atoms with van der Waals surface area (Å²) >= 11 is 0. The Labute approximate surface area is 202 Å². The van der Waals surface area contributed by atoms with Crippen LogP contribution in [0.25, 0.3) is 0 Å². The number of benzene rings is 1. The van der Waals surface area contributed by atoms with Crippen LogP contribution in [0.2, 0.25) is 0 Å². The molecule has 1 atom stereocenters. The van der Waals surface area contributed by atoms with Crippen LogP contribution in [0.1, 0.15) is 29.5 Å². The van der Waals surface area contributed by atoms with Crippen LogP contribution in [0, 0.1) is 20.8 Å². The molecule has 0 saturated carbocycles. The lowest BCUT2D eigenvalue weighted by Crippen LogP contribution is -2.53. The highest BCUT2D eigenvalue weighted by molar-refractivity contribution is 7.89. The van der Waals surface area contributed by atoms with Crippen molar-refractivity contribution in [3.63, 3.8) is 0 Å². The fourth-order valence-corrected chi connectivity index (χ4v) is 6.44. The van der Waals surface area contributed by atoms with Crippen molar-refractivity contribution >= 4 is 21.8 Å². The number of carbonyl (C=O) groups is 2. The Balaban J connectivity index is 1.53. The molecule has 190 valence electrons. The number of amides is 2. The number of sulfonamides is 1. The second-order valence-electron chi connectivity index (χ2n) is 8.80. The lowest BCUT2D eigenvalue weighted by Gasteiger charge is -2.35. The van der Waals surface area contributed by atoms with E-state index in [1.54, 1.807) is 13.8 Å². The Morgan fingerprint density at radius 1 is 1.00 bits per heavy atom. The van der Waals surface area contributed by atoms with Gasteiger partial charge >= 0.3 is 11.8 Å². The third kappa shape index (κ3) is 6.76. The molecule has 11 heteroatoms. The minimum Gasteiger partial charge on any atom is -0.379 e. The zero-order valence-corrected chi connectivity index (χ0v) is 21.1. The zero-order valence-electron chi connectivity index (χ0n) is 20.3. The van der Waals surface area contributed by atoms with Crippen molar-refractivity contribution in [1.29, 1.82) is 0 Å². The number of morpholine rings is 1. The maximum atomic E-state index is 13.5. The molecule has 0 aromatic heterocycles. The second-order valence-corrected chi connectivity index (χ2v) is 10.6. The molecule has 0 radical (unpaired) electrons. The average Bonchev–Trinajstić information content (AvgIpc) is 2.80. The first kappa shape index (κ1) is 26.6. The quantitative estimate of drug-likeness (QED) is 0.393. The number of nitrogens with zero attached hydrogens (tertiary/aromatic N) is 2. The van der Waals surface area contributed by atoms with E-state index in [2.05, 4.69) is 15.5 Å². The van der Waals surface area contributed by atoms with Crippen LogP contribution in [0.4, 0.5) is 0 Å². The van der Waals surface area contributed by atoms with Gasteiger partial charge in [-0.05, 0) is 51.3 Å². The number of carbonyl (C=O) groups excluding carboxylic acids is 2. The third-order valence-corrected chi connectivity index (χ3v) is 8.20. The van der Waals surface area contributed by atoms with Gasteiger partial charge in [0.1, 0.15) is 6.23 Å². The highest BCUT2D eigenvalue weighted by Crippen LogP contribution is 2.28. The number of nitrogens with one attached hydrogen (secondary N) is 2. The van der Waals surface area contributed by atoms with E-state index in [9.17, 15) is 18.0 Å². The monoisotopic (exact) mass is 496 g/mol. The predicted octanol–water partition coefficient (Wildman–Crippen LogP) is 0.304. The molecule has 34 heavy (non-hydrogen) atoms. The normalized spacial score (nSPS) is 20.1. The van der Waals surface area contributed by atoms with Gasteiger partial charge in [-0.3, -0.25) is 14.5 Å². The molecule has 1 aromatic rings. The van der Waals surface area contributed by atoms with Crippen LogP contribution in [-0.4, -0.2) is 94.8 Å². The number of hydrogen-bond acceptors (Lipinski definition) is 7. The molecule has 2 aliphatic rings. The van der Waals surface area contributed by atoms with E-state index < -0.39 is 28.1 Å². The van der Waals surface area contributed by atoms with Crippen LogP contribution in [-0.2, 0) is 29.1 Å². The maximum absolute atomic E-state index is 13.5. The maximum Gasteiger partial charge on any atom is 0.309 e. The van der Waals surface area contributed by atoms with Gasteiger partial charge in [0, 0.05) is 26.2 Å². The van der Waals surface area contributed by atoms with Crippen LogP contribution in [0.5, 0.6) is 0 Å². The molecular weight excluding hydrogens is 460 g/mol. The van der Waals surface area contributed by atoms with E-state index >= 15 is 0 Å². The van der Waals surface area contributed by atoms with Crippen LogP contribution in [0.3, 0.4) is 0 Å². The van der Waals surface area contributed by atoms with Crippen LogP contribution >= 0.6 is 0 Å². The van der Waals surface area contributed by atoms with E-state index in [0.29, 0.717) is 43.9 Å². The van der Waals surface area contributed by atoms with E-state index in [1.807, 2.05) is 19.1 Å². The molecule has 3 rings (SSSR count). The molecule has 2 saturated heterocycles. The summed E-state index contributed by atoms with van der Waals surface area (Å²) < 4.78 is 39.2. The Kier molecular flexibility index (Phi) is 9.43. The van der Waals surface area contributed by atoms with Crippen molar-refractivity contribution in [3.8, 4) is 0 Å². The van der Waals surface area contributed by atoms with E-state index in [-0.39, 0.29) is 18.0 Å². The minimum atomic E-state index is -3.84. The van der Waals surface area contributed by atoms with Gasteiger partial charge in [-0.15, -0.1) is 0 Å². The molecule has 2 amide bonds. The van der Waals surface area contributed by atoms with Crippen molar-refractivity contribution in [2.45, 2.75) is 44.7 Å². The van der Waals surface area contributed by atoms with Gasteiger partial charge < -0.3 is 20.1 Å². The van der Waals surface area contributed by atoms with Gasteiger partial charge in [-0.25, -0.2) is 8.42 Å². The van der Waals surface area contributed by atoms with E-state index in [0.717, 1.165) is 31.6 Å². The van der Waals surface area contributed by atoms with Crippen LogP contribution < -0.4 is 10.6 Å². The predicted molar refractivity (Wildman–Crippen MR) is 127 cm³/mol. The molecule has 2 aliphatic heterocycles. The molecule has 10 nitrogen and oxygen atoms in total. The molecule has 0 spiro atoms. The first-order chi connectivity index (χ1) is 16.2. The summed E-state index contributed by atoms with van der Waals surface area (Å²) in [6, 6.07) is 3.68. The van der Waals surface area contributed by atoms with Gasteiger partial charge in [0.25, 0.3) is 0 Å². The van der Waals surface area contributed by atoms with E-state index in [1.165, 1.54) is 4.31 Å². The van der Waals surface area contributed by atoms with Gasteiger partial charge in [0.15, 0.2) is 0 Å². The first-order valence-corrected chi connectivity index (χ1v) is 13.2. The summed E-state index contributed by atoms with van der Waals surface area (Å²) in [7, 11) is -3.84. The minimum absolute atomic E-state index is 0.108. The molecule has 0 aliphatic carbocycles. The van der Waals surface area contributed by atoms with Gasteiger partial charge in [-0.2, -0.15) is 4.31 Å². The van der Waals surface area contributed by atoms with Gasteiger partial charge in [-0.1, -0.05) is 17.7 Å². The molecule has 0 unspecified atom stereocenters. The standard InChI is InChI=1S/C23H36N4O6S/c1-17-14-18(2)21(19(3)15-17)34(30,31)27-8-5-11-33-20(27)16-25-23(29)22(28)24-6-4-7-26-9-12-32-13-10-26/h14-15,20H,4-13,16H2,1-3H3,(H,24,28)(H,25,29)/t20-/m0/s1. The topological polar surface area (TPSA) is 117 Å². The lowest BCUT2D eigenvalue weighted by atomic mass is 10.1. The van der Waals surface area contributed by atoms with Gasteiger partial charge in [0.05, 0.1) is 31.3 Å². The fraction of sp³-hybridized carbons (Fsp3) is 0.652. The molecule has 2 heterocycles. The summed E-state index contributed by atoms with van der Waals surface area (Å²) in [5.41, 5.74) is 2.33. The summed E-state index contributed by atoms with van der Waals surface area (Å²) in [6.45, 7) is 10.4. The highest BCUT2D eigenvalue weighted by Gasteiger charge is 2.36. The number of ether oxygens (including phenoxy) is 2. The molecule has 0 bridgehead atoms. The number of rotatable bonds is 8. The first-order valence-electron chi connectivity index (χ1n) is 11.8. The van der Waals surface area contributed by atoms with Crippen molar-refractivity contribution < 1.29 is 27.5 Å². The van der Waals surface area contributed by atoms with Crippen molar-refractivity contribution in [2.75, 3.05) is 59.1 Å². The summed E-state index contributed by atoms with van der Waals surface area (Å²) in [4.78, 5) is 27.0. The molecule has 2 fully saturated rings. The Hall–Kier alpha value is -2.05. The van der Waals surface area contributed by atoms with Crippen molar-refractivity contribution in [1.82, 2.24) is 19.8 Å². The molecular formula is C23H36N4O6S. The average molecular weight is 497 g/mol. The van der Waals surface area contributed by atoms with Gasteiger partial charge in [0.2, 0.25) is 10.0 Å². The number of aryl methyl sites for hydroxylation is 3. The summed E-state index contributed by atoms with van der Waals surface area (Å²) in [5, 5.41) is 5.14. The summed E-state index contributed by atoms with van der Waals surface area (Å²) in [5.74, 6) is -1.54. The third-order valence-electron chi connectivity index (χ3n) is 6.01. The lowest BCUT2D eigenvalue weighted by molar-refractivity contribution is -0.140. The Morgan fingerprint density at radius 2 is 1.65 bits per heavy atom. The molecule has 1 aromatic carbocycles. The summed E-state index contributed by atoms with van der Waals surface area (Å²) in [6.07, 6.45) is 0.403. The fourth-order valence-electron chi connectivity index (χ4n) is 4.46. The second kappa shape index (κ2) is 12.1. The van der Waals surface area contributed by atoms with Crippen LogP contribution in [0.15, 0.2) is 17.0 Å². The van der Waals surface area contributed by atoms with Crippen molar-refractivity contribution in [2.24, 2.45) is 0 Å². The van der Waals surface area contributed by atoms with E-state index in [4.69, 9.17) is 9.47 Å². The smallest absolute Gasteiger partial charge is 0.309 e. The SMILES string of the molecule is Cc1cc(C)c(S(=O)(=O)N2CCCO[C@H]2CNC(=O)C(=O)NCCCN2CCOCC2)c(C)c1.